The average Bonchev–Trinajstić information content (AvgIpc) is 2.43. The number of rotatable bonds is 0. The Labute approximate surface area is 105 Å². The molecule has 1 amide bonds. The number of carbonyl (C=O) groups is 1. The van der Waals surface area contributed by atoms with Crippen LogP contribution in [0.25, 0.3) is 12.2 Å². The normalized spacial score (nSPS) is 15.4. The highest BCUT2D eigenvalue weighted by Crippen LogP contribution is 2.26. The summed E-state index contributed by atoms with van der Waals surface area (Å²) in [5, 5.41) is 1.21. The zero-order valence-corrected chi connectivity index (χ0v) is 9.71. The molecule has 0 saturated heterocycles. The quantitative estimate of drug-likeness (QED) is 0.564. The summed E-state index contributed by atoms with van der Waals surface area (Å²) < 4.78 is 0. The molecule has 2 aromatic rings. The van der Waals surface area contributed by atoms with Gasteiger partial charge in [0.05, 0.1) is 5.69 Å². The van der Waals surface area contributed by atoms with Crippen molar-refractivity contribution >= 4 is 23.7 Å². The van der Waals surface area contributed by atoms with Crippen LogP contribution in [0.15, 0.2) is 48.5 Å². The molecule has 0 radical (unpaired) electrons. The second kappa shape index (κ2) is 4.13. The second-order valence-corrected chi connectivity index (χ2v) is 4.15. The van der Waals surface area contributed by atoms with Crippen LogP contribution in [0.5, 0.6) is 0 Å². The van der Waals surface area contributed by atoms with Crippen molar-refractivity contribution in [3.63, 3.8) is 0 Å². The molecule has 2 aromatic carbocycles. The third-order valence-electron chi connectivity index (χ3n) is 3.05. The first kappa shape index (κ1) is 10.7. The molecule has 1 aliphatic heterocycles. The molecule has 0 spiro atoms. The lowest BCUT2D eigenvalue weighted by Crippen LogP contribution is -2.38. The van der Waals surface area contributed by atoms with Gasteiger partial charge >= 0.3 is 0 Å². The minimum Gasteiger partial charge on any atom is -0.267 e. The van der Waals surface area contributed by atoms with Crippen LogP contribution in [0.4, 0.5) is 5.69 Å². The fraction of sp³-hybridized carbons (Fsp3) is 0. The lowest BCUT2D eigenvalue weighted by Gasteiger charge is -2.21. The van der Waals surface area contributed by atoms with Gasteiger partial charge in [-0.2, -0.15) is 0 Å². The van der Waals surface area contributed by atoms with Crippen LogP contribution in [0.2, 0.25) is 0 Å². The van der Waals surface area contributed by atoms with Gasteiger partial charge in [-0.25, -0.2) is 10.9 Å². The predicted molar refractivity (Wildman–Crippen MR) is 72.8 cm³/mol. The topological polar surface area (TPSA) is 46.3 Å². The maximum absolute atomic E-state index is 12.3. The third kappa shape index (κ3) is 1.61. The summed E-state index contributed by atoms with van der Waals surface area (Å²) in [5.41, 5.74) is 3.15. The SMILES string of the molecule is NN1C(=O)c2ccccc2/C=C\c2ccccc21. The number of benzene rings is 2. The average molecular weight is 236 g/mol. The smallest absolute Gasteiger partial charge is 0.267 e. The molecular weight excluding hydrogens is 224 g/mol. The van der Waals surface area contributed by atoms with Gasteiger partial charge in [-0.3, -0.25) is 4.79 Å². The molecule has 0 bridgehead atoms. The lowest BCUT2D eigenvalue weighted by atomic mass is 10.0. The van der Waals surface area contributed by atoms with E-state index in [4.69, 9.17) is 5.84 Å². The first-order valence-electron chi connectivity index (χ1n) is 5.72. The number of carbonyl (C=O) groups excluding carboxylic acids is 1. The largest absolute Gasteiger partial charge is 0.273 e. The fourth-order valence-corrected chi connectivity index (χ4v) is 2.10. The van der Waals surface area contributed by atoms with E-state index in [0.717, 1.165) is 11.1 Å². The lowest BCUT2D eigenvalue weighted by molar-refractivity contribution is 0.0986. The molecule has 0 atom stereocenters. The van der Waals surface area contributed by atoms with Gasteiger partial charge in [0.2, 0.25) is 0 Å². The molecule has 1 heterocycles. The van der Waals surface area contributed by atoms with Gasteiger partial charge in [0.1, 0.15) is 0 Å². The van der Waals surface area contributed by atoms with E-state index in [1.807, 2.05) is 54.6 Å². The van der Waals surface area contributed by atoms with Crippen LogP contribution in [0.3, 0.4) is 0 Å². The molecule has 0 fully saturated rings. The molecule has 3 rings (SSSR count). The Kier molecular flexibility index (Phi) is 2.46. The molecular formula is C15H12N2O. The Morgan fingerprint density at radius 3 is 2.28 bits per heavy atom. The molecule has 3 nitrogen and oxygen atoms in total. The third-order valence-corrected chi connectivity index (χ3v) is 3.05. The summed E-state index contributed by atoms with van der Waals surface area (Å²) in [4.78, 5) is 12.3. The summed E-state index contributed by atoms with van der Waals surface area (Å²) in [7, 11) is 0. The van der Waals surface area contributed by atoms with Crippen molar-refractivity contribution in [2.24, 2.45) is 5.84 Å². The maximum atomic E-state index is 12.3. The van der Waals surface area contributed by atoms with Crippen molar-refractivity contribution in [3.8, 4) is 0 Å². The van der Waals surface area contributed by atoms with Crippen molar-refractivity contribution in [3.05, 3.63) is 65.2 Å². The highest BCUT2D eigenvalue weighted by molar-refractivity contribution is 6.10. The number of hydrogen-bond donors (Lipinski definition) is 1. The van der Waals surface area contributed by atoms with Gasteiger partial charge in [0.25, 0.3) is 5.91 Å². The number of nitrogens with zero attached hydrogens (tertiary/aromatic N) is 1. The van der Waals surface area contributed by atoms with Gasteiger partial charge in [-0.15, -0.1) is 0 Å². The maximum Gasteiger partial charge on any atom is 0.273 e. The molecule has 1 aliphatic rings. The summed E-state index contributed by atoms with van der Waals surface area (Å²) in [5.74, 6) is 5.73. The number of hydrogen-bond acceptors (Lipinski definition) is 2. The van der Waals surface area contributed by atoms with E-state index in [2.05, 4.69) is 0 Å². The molecule has 2 N–H and O–H groups in total. The van der Waals surface area contributed by atoms with Gasteiger partial charge in [0, 0.05) is 5.56 Å². The molecule has 3 heteroatoms. The van der Waals surface area contributed by atoms with Crippen LogP contribution >= 0.6 is 0 Å². The Hall–Kier alpha value is -2.39. The Bertz CT molecular complexity index is 646. The van der Waals surface area contributed by atoms with Crippen LogP contribution in [-0.2, 0) is 0 Å². The molecule has 0 aromatic heterocycles. The minimum atomic E-state index is -0.192. The Morgan fingerprint density at radius 1 is 0.833 bits per heavy atom. The second-order valence-electron chi connectivity index (χ2n) is 4.15. The predicted octanol–water partition coefficient (Wildman–Crippen LogP) is 2.69. The van der Waals surface area contributed by atoms with Crippen LogP contribution in [0.1, 0.15) is 21.5 Å². The highest BCUT2D eigenvalue weighted by atomic mass is 16.2. The van der Waals surface area contributed by atoms with Crippen molar-refractivity contribution in [2.75, 3.05) is 5.01 Å². The van der Waals surface area contributed by atoms with Crippen LogP contribution < -0.4 is 10.9 Å². The first-order valence-corrected chi connectivity index (χ1v) is 5.72. The van der Waals surface area contributed by atoms with Gasteiger partial charge < -0.3 is 0 Å². The zero-order chi connectivity index (χ0) is 12.5. The standard InChI is InChI=1S/C15H12N2O/c16-17-14-8-4-2-6-12(14)10-9-11-5-1-3-7-13(11)15(17)18/h1-10H,16H2/b10-9-. The van der Waals surface area contributed by atoms with E-state index >= 15 is 0 Å². The number of para-hydroxylation sites is 1. The molecule has 0 unspecified atom stereocenters. The van der Waals surface area contributed by atoms with E-state index in [1.54, 1.807) is 6.07 Å². The van der Waals surface area contributed by atoms with Crippen molar-refractivity contribution in [1.29, 1.82) is 0 Å². The summed E-state index contributed by atoms with van der Waals surface area (Å²) >= 11 is 0. The monoisotopic (exact) mass is 236 g/mol. The van der Waals surface area contributed by atoms with E-state index in [9.17, 15) is 4.79 Å². The van der Waals surface area contributed by atoms with E-state index < -0.39 is 0 Å². The summed E-state index contributed by atoms with van der Waals surface area (Å²) in [6, 6.07) is 15.0. The zero-order valence-electron chi connectivity index (χ0n) is 9.71. The minimum absolute atomic E-state index is 0.192. The van der Waals surface area contributed by atoms with Gasteiger partial charge in [0.15, 0.2) is 0 Å². The van der Waals surface area contributed by atoms with Crippen LogP contribution in [0, 0.1) is 0 Å². The molecule has 88 valence electrons. The number of nitrogens with two attached hydrogens (primary N) is 1. The Morgan fingerprint density at radius 2 is 1.44 bits per heavy atom. The van der Waals surface area contributed by atoms with Crippen molar-refractivity contribution in [1.82, 2.24) is 0 Å². The van der Waals surface area contributed by atoms with Gasteiger partial charge in [-0.05, 0) is 23.3 Å². The fourth-order valence-electron chi connectivity index (χ4n) is 2.10. The highest BCUT2D eigenvalue weighted by Gasteiger charge is 2.19. The van der Waals surface area contributed by atoms with Crippen LogP contribution in [-0.4, -0.2) is 5.91 Å². The van der Waals surface area contributed by atoms with E-state index in [0.29, 0.717) is 11.3 Å². The molecule has 0 aliphatic carbocycles. The van der Waals surface area contributed by atoms with Crippen molar-refractivity contribution < 1.29 is 4.79 Å². The van der Waals surface area contributed by atoms with Crippen molar-refractivity contribution in [2.45, 2.75) is 0 Å². The van der Waals surface area contributed by atoms with Gasteiger partial charge in [-0.1, -0.05) is 48.6 Å². The summed E-state index contributed by atoms with van der Waals surface area (Å²) in [6.45, 7) is 0. The number of amides is 1. The van der Waals surface area contributed by atoms with E-state index in [-0.39, 0.29) is 5.91 Å². The summed E-state index contributed by atoms with van der Waals surface area (Å²) in [6.07, 6.45) is 3.92. The molecule has 0 saturated carbocycles. The van der Waals surface area contributed by atoms with E-state index in [1.165, 1.54) is 5.01 Å². The molecule has 18 heavy (non-hydrogen) atoms. The number of anilines is 1. The number of hydrazine groups is 1. The Balaban J connectivity index is 2.25. The first-order chi connectivity index (χ1) is 8.77. The number of fused-ring (bicyclic) bond motifs is 2.